The third kappa shape index (κ3) is 3.05. The summed E-state index contributed by atoms with van der Waals surface area (Å²) in [5.74, 6) is 0.0726. The molecule has 0 unspecified atom stereocenters. The van der Waals surface area contributed by atoms with Crippen LogP contribution >= 0.6 is 15.9 Å². The molecule has 1 aliphatic rings. The minimum absolute atomic E-state index is 0.107. The molecule has 0 radical (unpaired) electrons. The van der Waals surface area contributed by atoms with Crippen molar-refractivity contribution in [1.29, 1.82) is 0 Å². The zero-order valence-corrected chi connectivity index (χ0v) is 16.8. The molecule has 0 aliphatic carbocycles. The molecule has 142 valence electrons. The molecule has 0 N–H and O–H groups in total. The number of fused-ring (bicyclic) bond motifs is 2. The maximum absolute atomic E-state index is 12.9. The lowest BCUT2D eigenvalue weighted by Crippen LogP contribution is -2.33. The van der Waals surface area contributed by atoms with Crippen molar-refractivity contribution in [1.82, 2.24) is 14.5 Å². The average molecular weight is 440 g/mol. The van der Waals surface area contributed by atoms with E-state index in [1.54, 1.807) is 34.9 Å². The Hall–Kier alpha value is -2.80. The van der Waals surface area contributed by atoms with Crippen LogP contribution in [0.25, 0.3) is 10.9 Å². The number of amides is 2. The zero-order valence-electron chi connectivity index (χ0n) is 15.3. The maximum atomic E-state index is 12.9. The Labute approximate surface area is 169 Å². The van der Waals surface area contributed by atoms with Crippen LogP contribution in [0.5, 0.6) is 0 Å². The van der Waals surface area contributed by atoms with E-state index in [4.69, 9.17) is 0 Å². The first-order valence-electron chi connectivity index (χ1n) is 9.08. The molecule has 2 amide bonds. The molecule has 1 atom stereocenters. The first kappa shape index (κ1) is 18.6. The highest BCUT2D eigenvalue weighted by Crippen LogP contribution is 2.23. The zero-order chi connectivity index (χ0) is 19.8. The van der Waals surface area contributed by atoms with E-state index in [0.717, 1.165) is 0 Å². The highest BCUT2D eigenvalue weighted by Gasteiger charge is 2.34. The van der Waals surface area contributed by atoms with Gasteiger partial charge in [-0.05, 0) is 37.6 Å². The van der Waals surface area contributed by atoms with E-state index in [-0.39, 0.29) is 28.7 Å². The van der Waals surface area contributed by atoms with E-state index < -0.39 is 0 Å². The first-order chi connectivity index (χ1) is 13.5. The summed E-state index contributed by atoms with van der Waals surface area (Å²) in [6.45, 7) is 2.54. The van der Waals surface area contributed by atoms with Crippen LogP contribution in [0, 0.1) is 0 Å². The number of carbonyl (C=O) groups is 2. The van der Waals surface area contributed by atoms with Crippen LogP contribution in [0.15, 0.2) is 53.3 Å². The number of alkyl halides is 1. The molecule has 2 heterocycles. The molecule has 0 saturated carbocycles. The molecule has 4 rings (SSSR count). The SMILES string of the molecule is C[C@@H](Br)c1nc2ccccc2c(=O)n1CCCN1C(=O)c2ccccc2C1=O. The lowest BCUT2D eigenvalue weighted by Gasteiger charge is -2.17. The lowest BCUT2D eigenvalue weighted by atomic mass is 10.1. The molecule has 2 aromatic carbocycles. The summed E-state index contributed by atoms with van der Waals surface area (Å²) < 4.78 is 1.62. The van der Waals surface area contributed by atoms with E-state index in [1.807, 2.05) is 25.1 Å². The Morgan fingerprint density at radius 2 is 1.54 bits per heavy atom. The van der Waals surface area contributed by atoms with Gasteiger partial charge in [-0.15, -0.1) is 0 Å². The van der Waals surface area contributed by atoms with Crippen molar-refractivity contribution in [3.8, 4) is 0 Å². The molecular weight excluding hydrogens is 422 g/mol. The topological polar surface area (TPSA) is 72.3 Å². The van der Waals surface area contributed by atoms with Crippen molar-refractivity contribution in [2.75, 3.05) is 6.54 Å². The number of imide groups is 1. The molecule has 7 heteroatoms. The third-order valence-electron chi connectivity index (χ3n) is 4.89. The van der Waals surface area contributed by atoms with Crippen LogP contribution in [0.4, 0.5) is 0 Å². The maximum Gasteiger partial charge on any atom is 0.261 e. The number of benzene rings is 2. The van der Waals surface area contributed by atoms with Gasteiger partial charge in [0.15, 0.2) is 0 Å². The van der Waals surface area contributed by atoms with Crippen molar-refractivity contribution in [2.45, 2.75) is 24.7 Å². The summed E-state index contributed by atoms with van der Waals surface area (Å²) in [5.41, 5.74) is 1.42. The van der Waals surface area contributed by atoms with Gasteiger partial charge in [-0.1, -0.05) is 40.2 Å². The van der Waals surface area contributed by atoms with E-state index in [9.17, 15) is 14.4 Å². The number of rotatable bonds is 5. The molecule has 0 spiro atoms. The number of hydrogen-bond donors (Lipinski definition) is 0. The number of aromatic nitrogens is 2. The number of nitrogens with zero attached hydrogens (tertiary/aromatic N) is 3. The van der Waals surface area contributed by atoms with Gasteiger partial charge in [0.1, 0.15) is 5.82 Å². The predicted molar refractivity (Wildman–Crippen MR) is 110 cm³/mol. The van der Waals surface area contributed by atoms with Gasteiger partial charge in [-0.3, -0.25) is 23.9 Å². The third-order valence-corrected chi connectivity index (χ3v) is 5.30. The van der Waals surface area contributed by atoms with E-state index in [0.29, 0.717) is 40.8 Å². The Balaban J connectivity index is 1.58. The molecule has 3 aromatic rings. The molecule has 0 fully saturated rings. The van der Waals surface area contributed by atoms with E-state index in [2.05, 4.69) is 20.9 Å². The summed E-state index contributed by atoms with van der Waals surface area (Å²) in [6.07, 6.45) is 0.470. The van der Waals surface area contributed by atoms with Crippen LogP contribution < -0.4 is 5.56 Å². The number of halogens is 1. The lowest BCUT2D eigenvalue weighted by molar-refractivity contribution is 0.0650. The van der Waals surface area contributed by atoms with Crippen LogP contribution in [-0.2, 0) is 6.54 Å². The average Bonchev–Trinajstić information content (AvgIpc) is 2.94. The minimum atomic E-state index is -0.279. The molecular formula is C21H18BrN3O3. The van der Waals surface area contributed by atoms with Crippen molar-refractivity contribution in [3.63, 3.8) is 0 Å². The number of carbonyl (C=O) groups excluding carboxylic acids is 2. The van der Waals surface area contributed by atoms with Crippen LogP contribution in [0.3, 0.4) is 0 Å². The molecule has 0 saturated heterocycles. The first-order valence-corrected chi connectivity index (χ1v) is 9.99. The second-order valence-corrected chi connectivity index (χ2v) is 8.09. The largest absolute Gasteiger partial charge is 0.295 e. The van der Waals surface area contributed by atoms with Gasteiger partial charge in [-0.2, -0.15) is 0 Å². The minimum Gasteiger partial charge on any atom is -0.295 e. The second kappa shape index (κ2) is 7.31. The quantitative estimate of drug-likeness (QED) is 0.450. The van der Waals surface area contributed by atoms with Crippen molar-refractivity contribution in [2.24, 2.45) is 0 Å². The molecule has 6 nitrogen and oxygen atoms in total. The fraction of sp³-hybridized carbons (Fsp3) is 0.238. The Bertz CT molecular complexity index is 1120. The number of hydrogen-bond acceptors (Lipinski definition) is 4. The predicted octanol–water partition coefficient (Wildman–Crippen LogP) is 3.54. The molecule has 1 aromatic heterocycles. The van der Waals surface area contributed by atoms with E-state index >= 15 is 0 Å². The van der Waals surface area contributed by atoms with Gasteiger partial charge in [0.05, 0.1) is 26.9 Å². The summed E-state index contributed by atoms with van der Waals surface area (Å²) in [5, 5.41) is 0.556. The fourth-order valence-electron chi connectivity index (χ4n) is 3.53. The van der Waals surface area contributed by atoms with Crippen LogP contribution in [0.1, 0.15) is 44.7 Å². The fourth-order valence-corrected chi connectivity index (χ4v) is 3.88. The van der Waals surface area contributed by atoms with Gasteiger partial charge >= 0.3 is 0 Å². The second-order valence-electron chi connectivity index (χ2n) is 6.72. The van der Waals surface area contributed by atoms with E-state index in [1.165, 1.54) is 4.90 Å². The highest BCUT2D eigenvalue weighted by atomic mass is 79.9. The Kier molecular flexibility index (Phi) is 4.85. The van der Waals surface area contributed by atoms with Gasteiger partial charge in [0.25, 0.3) is 17.4 Å². The van der Waals surface area contributed by atoms with Crippen LogP contribution in [0.2, 0.25) is 0 Å². The van der Waals surface area contributed by atoms with Crippen molar-refractivity contribution >= 4 is 38.6 Å². The summed E-state index contributed by atoms with van der Waals surface area (Å²) in [4.78, 5) is 43.7. The van der Waals surface area contributed by atoms with Gasteiger partial charge in [0, 0.05) is 13.1 Å². The summed E-state index contributed by atoms with van der Waals surface area (Å²) in [6, 6.07) is 14.1. The Morgan fingerprint density at radius 3 is 2.18 bits per heavy atom. The van der Waals surface area contributed by atoms with Gasteiger partial charge in [0.2, 0.25) is 0 Å². The molecule has 0 bridgehead atoms. The highest BCUT2D eigenvalue weighted by molar-refractivity contribution is 9.09. The number of para-hydroxylation sites is 1. The standard InChI is InChI=1S/C21H18BrN3O3/c1-13(22)18-23-17-10-5-4-9-16(17)21(28)24(18)11-6-12-25-19(26)14-7-2-3-8-15(14)20(25)27/h2-5,7-10,13H,6,11-12H2,1H3/t13-/m1/s1. The molecule has 28 heavy (non-hydrogen) atoms. The Morgan fingerprint density at radius 1 is 0.929 bits per heavy atom. The van der Waals surface area contributed by atoms with Gasteiger partial charge in [-0.25, -0.2) is 4.98 Å². The van der Waals surface area contributed by atoms with Crippen molar-refractivity contribution < 1.29 is 9.59 Å². The van der Waals surface area contributed by atoms with Gasteiger partial charge < -0.3 is 0 Å². The smallest absolute Gasteiger partial charge is 0.261 e. The molecule has 1 aliphatic heterocycles. The van der Waals surface area contributed by atoms with Crippen LogP contribution in [-0.4, -0.2) is 32.8 Å². The van der Waals surface area contributed by atoms with Crippen molar-refractivity contribution in [3.05, 3.63) is 75.8 Å². The summed E-state index contributed by atoms with van der Waals surface area (Å²) in [7, 11) is 0. The normalized spacial score (nSPS) is 14.6. The summed E-state index contributed by atoms with van der Waals surface area (Å²) >= 11 is 3.51. The monoisotopic (exact) mass is 439 g/mol.